The maximum absolute atomic E-state index is 9.41. The molecule has 1 aliphatic rings. The molecule has 1 fully saturated rings. The molecule has 96 valence electrons. The van der Waals surface area contributed by atoms with Crippen LogP contribution in [-0.2, 0) is 0 Å². The molecule has 1 aromatic carbocycles. The Morgan fingerprint density at radius 1 is 1.28 bits per heavy atom. The molecule has 0 heterocycles. The molecule has 1 aliphatic carbocycles. The molecule has 2 rings (SSSR count). The van der Waals surface area contributed by atoms with Crippen molar-refractivity contribution in [3.05, 3.63) is 35.9 Å². The standard InChI is InChI=1S/C16H22N2/c1-2-12-18-16(13-17)10-8-15(9-11-16)14-6-4-3-5-7-14/h3-7,15,18H,2,8-12H2,1H3. The van der Waals surface area contributed by atoms with Crippen LogP contribution in [0.5, 0.6) is 0 Å². The van der Waals surface area contributed by atoms with E-state index in [4.69, 9.17) is 0 Å². The predicted molar refractivity (Wildman–Crippen MR) is 74.3 cm³/mol. The number of nitriles is 1. The summed E-state index contributed by atoms with van der Waals surface area (Å²) in [5, 5.41) is 12.9. The zero-order valence-corrected chi connectivity index (χ0v) is 11.2. The normalized spacial score (nSPS) is 27.7. The van der Waals surface area contributed by atoms with Gasteiger partial charge in [-0.25, -0.2) is 0 Å². The first-order valence-corrected chi connectivity index (χ1v) is 7.01. The lowest BCUT2D eigenvalue weighted by molar-refractivity contribution is 0.276. The number of hydrogen-bond acceptors (Lipinski definition) is 2. The van der Waals surface area contributed by atoms with Crippen molar-refractivity contribution >= 4 is 0 Å². The summed E-state index contributed by atoms with van der Waals surface area (Å²) in [4.78, 5) is 0. The van der Waals surface area contributed by atoms with Gasteiger partial charge in [0.1, 0.15) is 5.54 Å². The minimum absolute atomic E-state index is 0.263. The van der Waals surface area contributed by atoms with Gasteiger partial charge in [-0.3, -0.25) is 5.32 Å². The summed E-state index contributed by atoms with van der Waals surface area (Å²) in [5.74, 6) is 0.635. The first-order chi connectivity index (χ1) is 8.79. The first-order valence-electron chi connectivity index (χ1n) is 7.01. The molecule has 1 aromatic rings. The molecular formula is C16H22N2. The highest BCUT2D eigenvalue weighted by Gasteiger charge is 2.35. The minimum atomic E-state index is -0.263. The van der Waals surface area contributed by atoms with Gasteiger partial charge in [0.05, 0.1) is 6.07 Å². The van der Waals surface area contributed by atoms with E-state index in [1.807, 2.05) is 0 Å². The van der Waals surface area contributed by atoms with Crippen LogP contribution in [0.25, 0.3) is 0 Å². The van der Waals surface area contributed by atoms with Crippen molar-refractivity contribution in [2.45, 2.75) is 50.5 Å². The van der Waals surface area contributed by atoms with Crippen molar-refractivity contribution in [1.82, 2.24) is 5.32 Å². The van der Waals surface area contributed by atoms with E-state index in [0.717, 1.165) is 38.6 Å². The zero-order valence-electron chi connectivity index (χ0n) is 11.2. The van der Waals surface area contributed by atoms with Crippen LogP contribution in [0.4, 0.5) is 0 Å². The predicted octanol–water partition coefficient (Wildman–Crippen LogP) is 3.61. The van der Waals surface area contributed by atoms with E-state index < -0.39 is 0 Å². The molecule has 1 saturated carbocycles. The Morgan fingerprint density at radius 3 is 2.50 bits per heavy atom. The average Bonchev–Trinajstić information content (AvgIpc) is 2.47. The van der Waals surface area contributed by atoms with E-state index in [1.165, 1.54) is 5.56 Å². The maximum Gasteiger partial charge on any atom is 0.106 e. The van der Waals surface area contributed by atoms with Crippen molar-refractivity contribution in [2.75, 3.05) is 6.54 Å². The molecule has 2 nitrogen and oxygen atoms in total. The fourth-order valence-electron chi connectivity index (χ4n) is 2.86. The summed E-state index contributed by atoms with van der Waals surface area (Å²) >= 11 is 0. The van der Waals surface area contributed by atoms with Crippen LogP contribution in [0.3, 0.4) is 0 Å². The number of nitrogens with one attached hydrogen (secondary N) is 1. The fourth-order valence-corrected chi connectivity index (χ4v) is 2.86. The van der Waals surface area contributed by atoms with Crippen molar-refractivity contribution in [1.29, 1.82) is 5.26 Å². The molecule has 0 aliphatic heterocycles. The van der Waals surface area contributed by atoms with Crippen LogP contribution in [0, 0.1) is 11.3 Å². The third-order valence-corrected chi connectivity index (χ3v) is 4.04. The summed E-state index contributed by atoms with van der Waals surface area (Å²) in [7, 11) is 0. The van der Waals surface area contributed by atoms with E-state index in [9.17, 15) is 5.26 Å². The van der Waals surface area contributed by atoms with Crippen LogP contribution in [-0.4, -0.2) is 12.1 Å². The molecule has 0 radical (unpaired) electrons. The van der Waals surface area contributed by atoms with Gasteiger partial charge in [0, 0.05) is 0 Å². The Morgan fingerprint density at radius 2 is 1.94 bits per heavy atom. The topological polar surface area (TPSA) is 35.8 Å². The number of rotatable bonds is 4. The SMILES string of the molecule is CCCNC1(C#N)CCC(c2ccccc2)CC1. The monoisotopic (exact) mass is 242 g/mol. The molecule has 0 atom stereocenters. The fraction of sp³-hybridized carbons (Fsp3) is 0.562. The Bertz CT molecular complexity index is 397. The van der Waals surface area contributed by atoms with Gasteiger partial charge >= 0.3 is 0 Å². The van der Waals surface area contributed by atoms with Crippen LogP contribution in [0.15, 0.2) is 30.3 Å². The summed E-state index contributed by atoms with van der Waals surface area (Å²) in [5.41, 5.74) is 1.17. The zero-order chi connectivity index (χ0) is 12.8. The molecule has 2 heteroatoms. The number of benzene rings is 1. The van der Waals surface area contributed by atoms with Crippen LogP contribution in [0.2, 0.25) is 0 Å². The smallest absolute Gasteiger partial charge is 0.106 e. The molecule has 0 spiro atoms. The lowest BCUT2D eigenvalue weighted by Crippen LogP contribution is -2.46. The number of hydrogen-bond donors (Lipinski definition) is 1. The lowest BCUT2D eigenvalue weighted by Gasteiger charge is -2.36. The van der Waals surface area contributed by atoms with Crippen LogP contribution >= 0.6 is 0 Å². The van der Waals surface area contributed by atoms with Crippen LogP contribution in [0.1, 0.15) is 50.5 Å². The second-order valence-corrected chi connectivity index (χ2v) is 5.31. The summed E-state index contributed by atoms with van der Waals surface area (Å²) in [6.07, 6.45) is 5.28. The Balaban J connectivity index is 1.97. The molecular weight excluding hydrogens is 220 g/mol. The van der Waals surface area contributed by atoms with E-state index in [-0.39, 0.29) is 5.54 Å². The summed E-state index contributed by atoms with van der Waals surface area (Å²) < 4.78 is 0. The highest BCUT2D eigenvalue weighted by molar-refractivity contribution is 5.22. The van der Waals surface area contributed by atoms with Crippen molar-refractivity contribution in [3.8, 4) is 6.07 Å². The molecule has 0 unspecified atom stereocenters. The van der Waals surface area contributed by atoms with E-state index in [2.05, 4.69) is 48.6 Å². The van der Waals surface area contributed by atoms with Gasteiger partial charge < -0.3 is 0 Å². The van der Waals surface area contributed by atoms with Gasteiger partial charge in [0.25, 0.3) is 0 Å². The summed E-state index contributed by atoms with van der Waals surface area (Å²) in [6.45, 7) is 3.09. The number of nitrogens with zero attached hydrogens (tertiary/aromatic N) is 1. The largest absolute Gasteiger partial charge is 0.299 e. The average molecular weight is 242 g/mol. The van der Waals surface area contributed by atoms with E-state index in [0.29, 0.717) is 5.92 Å². The van der Waals surface area contributed by atoms with Gasteiger partial charge in [-0.05, 0) is 50.1 Å². The first kappa shape index (κ1) is 13.1. The molecule has 18 heavy (non-hydrogen) atoms. The van der Waals surface area contributed by atoms with Crippen LogP contribution < -0.4 is 5.32 Å². The molecule has 0 bridgehead atoms. The van der Waals surface area contributed by atoms with Crippen molar-refractivity contribution in [2.24, 2.45) is 0 Å². The Kier molecular flexibility index (Phi) is 4.38. The highest BCUT2D eigenvalue weighted by Crippen LogP contribution is 2.37. The highest BCUT2D eigenvalue weighted by atomic mass is 15.0. The lowest BCUT2D eigenvalue weighted by atomic mass is 9.75. The van der Waals surface area contributed by atoms with E-state index >= 15 is 0 Å². The minimum Gasteiger partial charge on any atom is -0.299 e. The molecule has 0 saturated heterocycles. The van der Waals surface area contributed by atoms with E-state index in [1.54, 1.807) is 0 Å². The van der Waals surface area contributed by atoms with Gasteiger partial charge in [-0.2, -0.15) is 5.26 Å². The van der Waals surface area contributed by atoms with Gasteiger partial charge in [0.2, 0.25) is 0 Å². The van der Waals surface area contributed by atoms with Gasteiger partial charge in [-0.15, -0.1) is 0 Å². The summed E-state index contributed by atoms with van der Waals surface area (Å²) in [6, 6.07) is 13.2. The second-order valence-electron chi connectivity index (χ2n) is 5.31. The second kappa shape index (κ2) is 6.02. The van der Waals surface area contributed by atoms with Crippen molar-refractivity contribution < 1.29 is 0 Å². The van der Waals surface area contributed by atoms with Crippen molar-refractivity contribution in [3.63, 3.8) is 0 Å². The third kappa shape index (κ3) is 2.91. The maximum atomic E-state index is 9.41. The quantitative estimate of drug-likeness (QED) is 0.875. The molecule has 0 aromatic heterocycles. The van der Waals surface area contributed by atoms with Gasteiger partial charge in [0.15, 0.2) is 0 Å². The Labute approximate surface area is 110 Å². The molecule has 1 N–H and O–H groups in total. The Hall–Kier alpha value is -1.33. The molecule has 0 amide bonds. The van der Waals surface area contributed by atoms with Gasteiger partial charge in [-0.1, -0.05) is 37.3 Å². The third-order valence-electron chi connectivity index (χ3n) is 4.04.